The Bertz CT molecular complexity index is 644. The predicted octanol–water partition coefficient (Wildman–Crippen LogP) is 5.02. The summed E-state index contributed by atoms with van der Waals surface area (Å²) in [5, 5.41) is 20.1. The van der Waals surface area contributed by atoms with E-state index in [1.807, 2.05) is 54.6 Å². The van der Waals surface area contributed by atoms with Gasteiger partial charge in [0, 0.05) is 5.56 Å². The minimum atomic E-state index is 0.153. The van der Waals surface area contributed by atoms with Crippen LogP contribution in [-0.2, 0) is 6.42 Å². The van der Waals surface area contributed by atoms with Crippen molar-refractivity contribution in [2.45, 2.75) is 20.3 Å². The van der Waals surface area contributed by atoms with Gasteiger partial charge in [0.25, 0.3) is 0 Å². The molecule has 2 aromatic rings. The fourth-order valence-corrected chi connectivity index (χ4v) is 2.27. The monoisotopic (exact) mass is 294 g/mol. The lowest BCUT2D eigenvalue weighted by molar-refractivity contribution is 0.430. The molecule has 0 aliphatic heterocycles. The van der Waals surface area contributed by atoms with E-state index in [4.69, 9.17) is 0 Å². The van der Waals surface area contributed by atoms with Gasteiger partial charge < -0.3 is 10.2 Å². The standard InChI is InChI=1S/C20H22O2/c1-15(2)12-18-19(21)13-17(14-20(18)22)11-7-6-10-16-8-4-3-5-9-16/h3-11,13-15,21-22H,12H2,1-2H3. The fourth-order valence-electron chi connectivity index (χ4n) is 2.27. The number of aromatic hydroxyl groups is 2. The molecule has 114 valence electrons. The molecule has 0 aromatic heterocycles. The maximum absolute atomic E-state index is 10.0. The van der Waals surface area contributed by atoms with Crippen molar-refractivity contribution < 1.29 is 10.2 Å². The molecular weight excluding hydrogens is 272 g/mol. The van der Waals surface area contributed by atoms with E-state index in [2.05, 4.69) is 13.8 Å². The van der Waals surface area contributed by atoms with E-state index in [-0.39, 0.29) is 11.5 Å². The van der Waals surface area contributed by atoms with Crippen LogP contribution in [0.25, 0.3) is 12.2 Å². The highest BCUT2D eigenvalue weighted by molar-refractivity contribution is 5.61. The zero-order valence-corrected chi connectivity index (χ0v) is 13.0. The predicted molar refractivity (Wildman–Crippen MR) is 92.8 cm³/mol. The molecule has 0 amide bonds. The zero-order chi connectivity index (χ0) is 15.9. The van der Waals surface area contributed by atoms with Gasteiger partial charge in [-0.25, -0.2) is 0 Å². The van der Waals surface area contributed by atoms with Crippen molar-refractivity contribution in [3.63, 3.8) is 0 Å². The summed E-state index contributed by atoms with van der Waals surface area (Å²) in [6.45, 7) is 4.11. The first-order valence-corrected chi connectivity index (χ1v) is 7.51. The van der Waals surface area contributed by atoms with Crippen LogP contribution in [0, 0.1) is 5.92 Å². The second kappa shape index (κ2) is 7.51. The molecule has 0 fully saturated rings. The average molecular weight is 294 g/mol. The molecule has 2 nitrogen and oxygen atoms in total. The highest BCUT2D eigenvalue weighted by Gasteiger charge is 2.10. The van der Waals surface area contributed by atoms with Crippen LogP contribution < -0.4 is 0 Å². The lowest BCUT2D eigenvalue weighted by atomic mass is 9.99. The Hall–Kier alpha value is -2.48. The van der Waals surface area contributed by atoms with E-state index in [1.165, 1.54) is 0 Å². The molecule has 0 aliphatic carbocycles. The molecule has 2 rings (SSSR count). The minimum Gasteiger partial charge on any atom is -0.508 e. The topological polar surface area (TPSA) is 40.5 Å². The van der Waals surface area contributed by atoms with Crippen LogP contribution >= 0.6 is 0 Å². The van der Waals surface area contributed by atoms with Gasteiger partial charge in [-0.2, -0.15) is 0 Å². The van der Waals surface area contributed by atoms with Crippen LogP contribution in [-0.4, -0.2) is 10.2 Å². The van der Waals surface area contributed by atoms with E-state index in [9.17, 15) is 10.2 Å². The Kier molecular flexibility index (Phi) is 5.42. The first-order valence-electron chi connectivity index (χ1n) is 7.51. The zero-order valence-electron chi connectivity index (χ0n) is 13.0. The Labute approximate surface area is 132 Å². The number of hydrogen-bond donors (Lipinski definition) is 2. The Morgan fingerprint density at radius 1 is 0.864 bits per heavy atom. The fraction of sp³-hybridized carbons (Fsp3) is 0.200. The highest BCUT2D eigenvalue weighted by Crippen LogP contribution is 2.31. The summed E-state index contributed by atoms with van der Waals surface area (Å²) in [5.41, 5.74) is 2.53. The molecule has 0 heterocycles. The molecule has 0 aliphatic rings. The van der Waals surface area contributed by atoms with Crippen LogP contribution in [0.5, 0.6) is 11.5 Å². The largest absolute Gasteiger partial charge is 0.508 e. The molecule has 0 unspecified atom stereocenters. The number of benzene rings is 2. The van der Waals surface area contributed by atoms with E-state index >= 15 is 0 Å². The van der Waals surface area contributed by atoms with Gasteiger partial charge >= 0.3 is 0 Å². The molecule has 0 spiro atoms. The summed E-state index contributed by atoms with van der Waals surface area (Å²) in [5.74, 6) is 0.688. The van der Waals surface area contributed by atoms with Gasteiger partial charge in [-0.15, -0.1) is 0 Å². The van der Waals surface area contributed by atoms with Gasteiger partial charge in [0.2, 0.25) is 0 Å². The molecule has 22 heavy (non-hydrogen) atoms. The quantitative estimate of drug-likeness (QED) is 0.760. The third-order valence-electron chi connectivity index (χ3n) is 3.33. The summed E-state index contributed by atoms with van der Waals surface area (Å²) in [7, 11) is 0. The van der Waals surface area contributed by atoms with E-state index in [0.717, 1.165) is 11.1 Å². The van der Waals surface area contributed by atoms with E-state index < -0.39 is 0 Å². The first kappa shape index (κ1) is 15.9. The summed E-state index contributed by atoms with van der Waals surface area (Å²) in [6.07, 6.45) is 8.35. The number of phenols is 2. The van der Waals surface area contributed by atoms with Crippen LogP contribution in [0.1, 0.15) is 30.5 Å². The Morgan fingerprint density at radius 2 is 1.41 bits per heavy atom. The highest BCUT2D eigenvalue weighted by atomic mass is 16.3. The number of hydrogen-bond acceptors (Lipinski definition) is 2. The van der Waals surface area contributed by atoms with Gasteiger partial charge in [0.15, 0.2) is 0 Å². The SMILES string of the molecule is CC(C)Cc1c(O)cc(C=CC=Cc2ccccc2)cc1O. The van der Waals surface area contributed by atoms with Gasteiger partial charge in [-0.05, 0) is 35.6 Å². The van der Waals surface area contributed by atoms with Gasteiger partial charge in [-0.3, -0.25) is 0 Å². The Balaban J connectivity index is 2.10. The van der Waals surface area contributed by atoms with Crippen molar-refractivity contribution >= 4 is 12.2 Å². The number of allylic oxidation sites excluding steroid dienone is 2. The molecule has 0 atom stereocenters. The maximum atomic E-state index is 10.0. The lowest BCUT2D eigenvalue weighted by Gasteiger charge is -2.10. The van der Waals surface area contributed by atoms with Gasteiger partial charge in [-0.1, -0.05) is 68.5 Å². The van der Waals surface area contributed by atoms with Crippen molar-refractivity contribution in [1.29, 1.82) is 0 Å². The van der Waals surface area contributed by atoms with Crippen molar-refractivity contribution in [2.24, 2.45) is 5.92 Å². The van der Waals surface area contributed by atoms with Crippen LogP contribution in [0.3, 0.4) is 0 Å². The molecule has 0 saturated carbocycles. The molecule has 0 saturated heterocycles. The van der Waals surface area contributed by atoms with Gasteiger partial charge in [0.05, 0.1) is 0 Å². The van der Waals surface area contributed by atoms with Crippen molar-refractivity contribution in [2.75, 3.05) is 0 Å². The lowest BCUT2D eigenvalue weighted by Crippen LogP contribution is -1.95. The summed E-state index contributed by atoms with van der Waals surface area (Å²) >= 11 is 0. The minimum absolute atomic E-state index is 0.153. The third-order valence-corrected chi connectivity index (χ3v) is 3.33. The van der Waals surface area contributed by atoms with Crippen molar-refractivity contribution in [3.05, 3.63) is 71.3 Å². The normalized spacial score (nSPS) is 11.8. The second-order valence-corrected chi connectivity index (χ2v) is 5.76. The smallest absolute Gasteiger partial charge is 0.123 e. The third kappa shape index (κ3) is 4.52. The van der Waals surface area contributed by atoms with E-state index in [0.29, 0.717) is 17.9 Å². The molecule has 2 aromatic carbocycles. The number of rotatable bonds is 5. The second-order valence-electron chi connectivity index (χ2n) is 5.76. The van der Waals surface area contributed by atoms with Crippen LogP contribution in [0.4, 0.5) is 0 Å². The number of phenolic OH excluding ortho intramolecular Hbond substituents is 2. The molecule has 2 heteroatoms. The van der Waals surface area contributed by atoms with Crippen LogP contribution in [0.15, 0.2) is 54.6 Å². The summed E-state index contributed by atoms with van der Waals surface area (Å²) < 4.78 is 0. The average Bonchev–Trinajstić information content (AvgIpc) is 2.48. The van der Waals surface area contributed by atoms with Gasteiger partial charge in [0.1, 0.15) is 11.5 Å². The Morgan fingerprint density at radius 3 is 1.95 bits per heavy atom. The molecule has 0 bridgehead atoms. The van der Waals surface area contributed by atoms with Crippen molar-refractivity contribution in [1.82, 2.24) is 0 Å². The maximum Gasteiger partial charge on any atom is 0.123 e. The first-order chi connectivity index (χ1) is 10.6. The van der Waals surface area contributed by atoms with E-state index in [1.54, 1.807) is 12.1 Å². The van der Waals surface area contributed by atoms with Crippen molar-refractivity contribution in [3.8, 4) is 11.5 Å². The molecular formula is C20H22O2. The van der Waals surface area contributed by atoms with Crippen LogP contribution in [0.2, 0.25) is 0 Å². The molecule has 0 radical (unpaired) electrons. The molecule has 2 N–H and O–H groups in total. The summed E-state index contributed by atoms with van der Waals surface area (Å²) in [6, 6.07) is 13.4. The summed E-state index contributed by atoms with van der Waals surface area (Å²) in [4.78, 5) is 0.